The molecule has 0 radical (unpaired) electrons. The monoisotopic (exact) mass is 320 g/mol. The summed E-state index contributed by atoms with van der Waals surface area (Å²) >= 11 is 0. The van der Waals surface area contributed by atoms with Crippen molar-refractivity contribution in [2.24, 2.45) is 0 Å². The first-order chi connectivity index (χ1) is 11.7. The van der Waals surface area contributed by atoms with Crippen molar-refractivity contribution in [2.45, 2.75) is 26.2 Å². The Morgan fingerprint density at radius 3 is 2.58 bits per heavy atom. The lowest BCUT2D eigenvalue weighted by molar-refractivity contribution is 0.102. The summed E-state index contributed by atoms with van der Waals surface area (Å²) in [7, 11) is 0. The third kappa shape index (κ3) is 3.54. The number of fused-ring (bicyclic) bond motifs is 1. The lowest BCUT2D eigenvalue weighted by Crippen LogP contribution is -2.18. The molecule has 122 valence electrons. The molecule has 1 amide bonds. The van der Waals surface area contributed by atoms with Crippen molar-refractivity contribution >= 4 is 22.4 Å². The molecule has 3 aromatic rings. The van der Waals surface area contributed by atoms with Gasteiger partial charge in [-0.25, -0.2) is 0 Å². The van der Waals surface area contributed by atoms with Gasteiger partial charge in [0.05, 0.1) is 0 Å². The highest BCUT2D eigenvalue weighted by molar-refractivity contribution is 6.04. The van der Waals surface area contributed by atoms with E-state index in [4.69, 9.17) is 0 Å². The average Bonchev–Trinajstić information content (AvgIpc) is 2.61. The number of nitrogens with one attached hydrogen (secondary N) is 2. The molecule has 0 bridgehead atoms. The van der Waals surface area contributed by atoms with E-state index in [0.717, 1.165) is 24.6 Å². The Balaban J connectivity index is 1.78. The highest BCUT2D eigenvalue weighted by Crippen LogP contribution is 2.14. The minimum absolute atomic E-state index is 0.256. The van der Waals surface area contributed by atoms with Gasteiger partial charge in [-0.1, -0.05) is 43.7 Å². The molecule has 0 saturated heterocycles. The number of H-pyrrole nitrogens is 1. The first kappa shape index (κ1) is 16.0. The van der Waals surface area contributed by atoms with Crippen LogP contribution in [0.15, 0.2) is 59.4 Å². The number of hydrogen-bond donors (Lipinski definition) is 2. The minimum Gasteiger partial charge on any atom is -0.321 e. The van der Waals surface area contributed by atoms with E-state index in [1.807, 2.05) is 36.4 Å². The van der Waals surface area contributed by atoms with E-state index in [1.165, 1.54) is 5.56 Å². The molecule has 2 aromatic carbocycles. The molecule has 0 aliphatic rings. The Kier molecular flexibility index (Phi) is 4.75. The van der Waals surface area contributed by atoms with Crippen molar-refractivity contribution in [3.63, 3.8) is 0 Å². The smallest absolute Gasteiger partial charge is 0.272 e. The first-order valence-corrected chi connectivity index (χ1v) is 8.19. The third-order valence-corrected chi connectivity index (χ3v) is 4.03. The largest absolute Gasteiger partial charge is 0.321 e. The average molecular weight is 320 g/mol. The fourth-order valence-corrected chi connectivity index (χ4v) is 2.67. The molecule has 0 unspecified atom stereocenters. The van der Waals surface area contributed by atoms with E-state index in [-0.39, 0.29) is 17.2 Å². The van der Waals surface area contributed by atoms with Gasteiger partial charge >= 0.3 is 0 Å². The standard InChI is InChI=1S/C20H20N2O2/c1-2-3-6-14-9-11-16(12-10-14)21-20(24)18-13-15-7-4-5-8-17(15)19(23)22-18/h4-5,7-13H,2-3,6H2,1H3,(H,21,24)(H,22,23). The number of pyridine rings is 1. The Bertz CT molecular complexity index is 911. The highest BCUT2D eigenvalue weighted by Gasteiger charge is 2.09. The number of carbonyl (C=O) groups excluding carboxylic acids is 1. The maximum absolute atomic E-state index is 12.4. The van der Waals surface area contributed by atoms with Crippen LogP contribution in [0.25, 0.3) is 10.8 Å². The highest BCUT2D eigenvalue weighted by atomic mass is 16.2. The molecule has 3 rings (SSSR count). The number of benzene rings is 2. The molecule has 0 aliphatic heterocycles. The van der Waals surface area contributed by atoms with E-state index in [9.17, 15) is 9.59 Å². The van der Waals surface area contributed by atoms with Crippen molar-refractivity contribution in [1.82, 2.24) is 4.98 Å². The van der Waals surface area contributed by atoms with E-state index in [0.29, 0.717) is 11.1 Å². The lowest BCUT2D eigenvalue weighted by Gasteiger charge is -2.07. The van der Waals surface area contributed by atoms with Gasteiger partial charge < -0.3 is 10.3 Å². The zero-order chi connectivity index (χ0) is 16.9. The van der Waals surface area contributed by atoms with E-state index < -0.39 is 0 Å². The van der Waals surface area contributed by atoms with Crippen LogP contribution in [-0.2, 0) is 6.42 Å². The van der Waals surface area contributed by atoms with Crippen LogP contribution in [0.2, 0.25) is 0 Å². The topological polar surface area (TPSA) is 62.0 Å². The normalized spacial score (nSPS) is 10.7. The summed E-state index contributed by atoms with van der Waals surface area (Å²) in [5.41, 5.74) is 1.98. The maximum atomic E-state index is 12.4. The molecule has 1 aromatic heterocycles. The summed E-state index contributed by atoms with van der Waals surface area (Å²) < 4.78 is 0. The van der Waals surface area contributed by atoms with Crippen LogP contribution in [0.4, 0.5) is 5.69 Å². The zero-order valence-corrected chi connectivity index (χ0v) is 13.6. The van der Waals surface area contributed by atoms with Gasteiger partial charge in [0.1, 0.15) is 5.69 Å². The fourth-order valence-electron chi connectivity index (χ4n) is 2.67. The van der Waals surface area contributed by atoms with Crippen LogP contribution < -0.4 is 10.9 Å². The van der Waals surface area contributed by atoms with E-state index in [1.54, 1.807) is 18.2 Å². The zero-order valence-electron chi connectivity index (χ0n) is 13.6. The van der Waals surface area contributed by atoms with Crippen molar-refractivity contribution in [2.75, 3.05) is 5.32 Å². The Labute approximate surface area is 140 Å². The number of hydrogen-bond acceptors (Lipinski definition) is 2. The number of carbonyl (C=O) groups is 1. The fraction of sp³-hybridized carbons (Fsp3) is 0.200. The number of unbranched alkanes of at least 4 members (excludes halogenated alkanes) is 1. The van der Waals surface area contributed by atoms with Crippen molar-refractivity contribution < 1.29 is 4.79 Å². The lowest BCUT2D eigenvalue weighted by atomic mass is 10.1. The van der Waals surface area contributed by atoms with E-state index >= 15 is 0 Å². The van der Waals surface area contributed by atoms with Crippen molar-refractivity contribution in [3.8, 4) is 0 Å². The van der Waals surface area contributed by atoms with Crippen LogP contribution in [-0.4, -0.2) is 10.9 Å². The molecule has 0 atom stereocenters. The Morgan fingerprint density at radius 2 is 1.83 bits per heavy atom. The molecule has 0 spiro atoms. The van der Waals surface area contributed by atoms with Gasteiger partial charge in [0.25, 0.3) is 11.5 Å². The van der Waals surface area contributed by atoms with Gasteiger partial charge in [-0.2, -0.15) is 0 Å². The van der Waals surface area contributed by atoms with Gasteiger partial charge in [-0.15, -0.1) is 0 Å². The van der Waals surface area contributed by atoms with Gasteiger partial charge in [0.2, 0.25) is 0 Å². The number of aromatic nitrogens is 1. The Hall–Kier alpha value is -2.88. The third-order valence-electron chi connectivity index (χ3n) is 4.03. The summed E-state index contributed by atoms with van der Waals surface area (Å²) in [6.07, 6.45) is 3.36. The predicted molar refractivity (Wildman–Crippen MR) is 97.6 cm³/mol. The summed E-state index contributed by atoms with van der Waals surface area (Å²) in [5.74, 6) is -0.320. The molecule has 0 aliphatic carbocycles. The van der Waals surface area contributed by atoms with E-state index in [2.05, 4.69) is 17.2 Å². The van der Waals surface area contributed by atoms with Crippen LogP contribution in [0, 0.1) is 0 Å². The Morgan fingerprint density at radius 1 is 1.08 bits per heavy atom. The number of aryl methyl sites for hydroxylation is 1. The number of rotatable bonds is 5. The second kappa shape index (κ2) is 7.13. The van der Waals surface area contributed by atoms with Crippen LogP contribution in [0.5, 0.6) is 0 Å². The summed E-state index contributed by atoms with van der Waals surface area (Å²) in [6.45, 7) is 2.17. The number of anilines is 1. The molecule has 4 heteroatoms. The van der Waals surface area contributed by atoms with Crippen LogP contribution in [0.3, 0.4) is 0 Å². The summed E-state index contributed by atoms with van der Waals surface area (Å²) in [4.78, 5) is 27.1. The SMILES string of the molecule is CCCCc1ccc(NC(=O)c2cc3ccccc3c(=O)[nH]2)cc1. The van der Waals surface area contributed by atoms with Crippen LogP contribution in [0.1, 0.15) is 35.8 Å². The predicted octanol–water partition coefficient (Wildman–Crippen LogP) is 4.12. The maximum Gasteiger partial charge on any atom is 0.272 e. The quantitative estimate of drug-likeness (QED) is 0.742. The molecular weight excluding hydrogens is 300 g/mol. The second-order valence-electron chi connectivity index (χ2n) is 5.85. The van der Waals surface area contributed by atoms with Crippen molar-refractivity contribution in [3.05, 3.63) is 76.2 Å². The molecule has 4 nitrogen and oxygen atoms in total. The summed E-state index contributed by atoms with van der Waals surface area (Å²) in [5, 5.41) is 4.15. The number of amides is 1. The first-order valence-electron chi connectivity index (χ1n) is 8.19. The van der Waals surface area contributed by atoms with Gasteiger partial charge in [-0.05, 0) is 48.1 Å². The molecular formula is C20H20N2O2. The molecule has 1 heterocycles. The minimum atomic E-state index is -0.320. The molecule has 24 heavy (non-hydrogen) atoms. The van der Waals surface area contributed by atoms with Gasteiger partial charge in [-0.3, -0.25) is 9.59 Å². The molecule has 0 saturated carbocycles. The summed E-state index contributed by atoms with van der Waals surface area (Å²) in [6, 6.07) is 16.7. The van der Waals surface area contributed by atoms with Crippen molar-refractivity contribution in [1.29, 1.82) is 0 Å². The van der Waals surface area contributed by atoms with Gasteiger partial charge in [0, 0.05) is 11.1 Å². The van der Waals surface area contributed by atoms with Crippen LogP contribution >= 0.6 is 0 Å². The number of aromatic amines is 1. The molecule has 0 fully saturated rings. The second-order valence-corrected chi connectivity index (χ2v) is 5.85. The molecule has 2 N–H and O–H groups in total. The van der Waals surface area contributed by atoms with Gasteiger partial charge in [0.15, 0.2) is 0 Å².